The van der Waals surface area contributed by atoms with Crippen LogP contribution in [0.5, 0.6) is 0 Å². The molecule has 19 heavy (non-hydrogen) atoms. The van der Waals surface area contributed by atoms with Gasteiger partial charge in [0.15, 0.2) is 0 Å². The molecule has 0 spiro atoms. The highest BCUT2D eigenvalue weighted by atomic mass is 16.5. The number of carbonyl (C=O) groups is 1. The lowest BCUT2D eigenvalue weighted by molar-refractivity contribution is -0.120. The number of nitrogens with one attached hydrogen (secondary N) is 2. The highest BCUT2D eigenvalue weighted by Crippen LogP contribution is 2.11. The number of hydrogen-bond donors (Lipinski definition) is 3. The lowest BCUT2D eigenvalue weighted by Crippen LogP contribution is -2.38. The lowest BCUT2D eigenvalue weighted by atomic mass is 10.2. The van der Waals surface area contributed by atoms with Crippen LogP contribution in [0.4, 0.5) is 0 Å². The zero-order chi connectivity index (χ0) is 13.9. The van der Waals surface area contributed by atoms with Crippen molar-refractivity contribution in [1.82, 2.24) is 10.6 Å². The van der Waals surface area contributed by atoms with Crippen LogP contribution in [0.25, 0.3) is 0 Å². The third-order valence-electron chi connectivity index (χ3n) is 2.88. The molecule has 6 heteroatoms. The molecule has 0 bridgehead atoms. The number of rotatable bonds is 10. The van der Waals surface area contributed by atoms with Crippen LogP contribution in [0.1, 0.15) is 26.2 Å². The summed E-state index contributed by atoms with van der Waals surface area (Å²) in [5.74, 6) is -0.0469. The molecule has 1 aliphatic rings. The number of carbonyl (C=O) groups excluding carboxylic acids is 1. The van der Waals surface area contributed by atoms with Crippen molar-refractivity contribution in [3.05, 3.63) is 0 Å². The van der Waals surface area contributed by atoms with Gasteiger partial charge < -0.3 is 25.2 Å². The minimum absolute atomic E-state index is 0.0469. The second kappa shape index (κ2) is 10.1. The number of aliphatic hydroxyl groups is 1. The van der Waals surface area contributed by atoms with Crippen LogP contribution in [0, 0.1) is 0 Å². The van der Waals surface area contributed by atoms with E-state index in [-0.39, 0.29) is 25.2 Å². The van der Waals surface area contributed by atoms with Crippen LogP contribution < -0.4 is 10.6 Å². The molecule has 1 heterocycles. The molecule has 0 radical (unpaired) electrons. The first-order chi connectivity index (χ1) is 9.22. The Kier molecular flexibility index (Phi) is 8.73. The van der Waals surface area contributed by atoms with Gasteiger partial charge in [0.05, 0.1) is 32.0 Å². The van der Waals surface area contributed by atoms with Gasteiger partial charge in [-0.2, -0.15) is 0 Å². The molecule has 3 N–H and O–H groups in total. The van der Waals surface area contributed by atoms with Crippen LogP contribution in [-0.2, 0) is 14.3 Å². The standard InChI is InChI=1S/C13H26N2O4/c1-2-5-15-13(17)8-14-7-11(16)9-18-10-12-4-3-6-19-12/h11-12,14,16H,2-10H2,1H3,(H,15,17). The summed E-state index contributed by atoms with van der Waals surface area (Å²) in [6.07, 6.45) is 2.63. The van der Waals surface area contributed by atoms with Gasteiger partial charge in [-0.3, -0.25) is 4.79 Å². The fourth-order valence-corrected chi connectivity index (χ4v) is 1.85. The van der Waals surface area contributed by atoms with Crippen molar-refractivity contribution < 1.29 is 19.4 Å². The van der Waals surface area contributed by atoms with Gasteiger partial charge >= 0.3 is 0 Å². The first kappa shape index (κ1) is 16.4. The second-order valence-electron chi connectivity index (χ2n) is 4.81. The Balaban J connectivity index is 1.92. The molecule has 0 aromatic heterocycles. The Morgan fingerprint density at radius 1 is 1.58 bits per heavy atom. The van der Waals surface area contributed by atoms with Gasteiger partial charge in [-0.15, -0.1) is 0 Å². The maximum Gasteiger partial charge on any atom is 0.233 e. The summed E-state index contributed by atoms with van der Waals surface area (Å²) in [6.45, 7) is 4.88. The molecule has 112 valence electrons. The summed E-state index contributed by atoms with van der Waals surface area (Å²) in [4.78, 5) is 11.3. The van der Waals surface area contributed by atoms with Crippen molar-refractivity contribution in [2.24, 2.45) is 0 Å². The number of ether oxygens (including phenoxy) is 2. The van der Waals surface area contributed by atoms with Gasteiger partial charge in [0.1, 0.15) is 0 Å². The van der Waals surface area contributed by atoms with Gasteiger partial charge in [-0.25, -0.2) is 0 Å². The molecule has 1 saturated heterocycles. The van der Waals surface area contributed by atoms with Gasteiger partial charge in [-0.1, -0.05) is 6.92 Å². The Hall–Kier alpha value is -0.690. The average molecular weight is 274 g/mol. The molecular formula is C13H26N2O4. The minimum Gasteiger partial charge on any atom is -0.389 e. The molecule has 1 aliphatic heterocycles. The third-order valence-corrected chi connectivity index (χ3v) is 2.88. The first-order valence-corrected chi connectivity index (χ1v) is 7.07. The van der Waals surface area contributed by atoms with Gasteiger partial charge in [-0.05, 0) is 19.3 Å². The summed E-state index contributed by atoms with van der Waals surface area (Å²) >= 11 is 0. The van der Waals surface area contributed by atoms with Crippen molar-refractivity contribution in [2.75, 3.05) is 39.5 Å². The summed E-state index contributed by atoms with van der Waals surface area (Å²) in [6, 6.07) is 0. The fraction of sp³-hybridized carbons (Fsp3) is 0.923. The molecule has 6 nitrogen and oxygen atoms in total. The molecule has 1 amide bonds. The van der Waals surface area contributed by atoms with E-state index < -0.39 is 6.10 Å². The number of aliphatic hydroxyl groups excluding tert-OH is 1. The predicted octanol–water partition coefficient (Wildman–Crippen LogP) is -0.341. The monoisotopic (exact) mass is 274 g/mol. The van der Waals surface area contributed by atoms with Gasteiger partial charge in [0.2, 0.25) is 5.91 Å². The van der Waals surface area contributed by atoms with Crippen LogP contribution >= 0.6 is 0 Å². The van der Waals surface area contributed by atoms with E-state index >= 15 is 0 Å². The topological polar surface area (TPSA) is 79.8 Å². The van der Waals surface area contributed by atoms with Crippen molar-refractivity contribution >= 4 is 5.91 Å². The zero-order valence-electron chi connectivity index (χ0n) is 11.7. The molecule has 1 fully saturated rings. The zero-order valence-corrected chi connectivity index (χ0v) is 11.7. The largest absolute Gasteiger partial charge is 0.389 e. The molecule has 0 aromatic carbocycles. The highest BCUT2D eigenvalue weighted by molar-refractivity contribution is 5.77. The predicted molar refractivity (Wildman–Crippen MR) is 72.0 cm³/mol. The van der Waals surface area contributed by atoms with Crippen molar-refractivity contribution in [2.45, 2.75) is 38.4 Å². The second-order valence-corrected chi connectivity index (χ2v) is 4.81. The molecular weight excluding hydrogens is 248 g/mol. The van der Waals surface area contributed by atoms with Crippen LogP contribution in [0.2, 0.25) is 0 Å². The molecule has 2 atom stereocenters. The molecule has 0 saturated carbocycles. The smallest absolute Gasteiger partial charge is 0.233 e. The van der Waals surface area contributed by atoms with E-state index in [0.29, 0.717) is 19.7 Å². The minimum atomic E-state index is -0.597. The quantitative estimate of drug-likeness (QED) is 0.508. The molecule has 0 aliphatic carbocycles. The van der Waals surface area contributed by atoms with Crippen LogP contribution in [0.3, 0.4) is 0 Å². The Labute approximate surface area is 114 Å². The lowest BCUT2D eigenvalue weighted by Gasteiger charge is -2.14. The normalized spacial score (nSPS) is 20.4. The fourth-order valence-electron chi connectivity index (χ4n) is 1.85. The van der Waals surface area contributed by atoms with Crippen LogP contribution in [0.15, 0.2) is 0 Å². The van der Waals surface area contributed by atoms with Crippen molar-refractivity contribution in [3.63, 3.8) is 0 Å². The van der Waals surface area contributed by atoms with Crippen LogP contribution in [-0.4, -0.2) is 62.7 Å². The van der Waals surface area contributed by atoms with E-state index in [0.717, 1.165) is 25.9 Å². The maximum absolute atomic E-state index is 11.3. The van der Waals surface area contributed by atoms with Crippen molar-refractivity contribution in [3.8, 4) is 0 Å². The third kappa shape index (κ3) is 8.15. The Morgan fingerprint density at radius 2 is 2.42 bits per heavy atom. The average Bonchev–Trinajstić information content (AvgIpc) is 2.89. The van der Waals surface area contributed by atoms with Gasteiger partial charge in [0, 0.05) is 19.7 Å². The van der Waals surface area contributed by atoms with E-state index in [4.69, 9.17) is 9.47 Å². The summed E-state index contributed by atoms with van der Waals surface area (Å²) < 4.78 is 10.8. The number of hydrogen-bond acceptors (Lipinski definition) is 5. The SMILES string of the molecule is CCCNC(=O)CNCC(O)COCC1CCCO1. The summed E-state index contributed by atoms with van der Waals surface area (Å²) in [5.41, 5.74) is 0. The Bertz CT molecular complexity index is 245. The molecule has 2 unspecified atom stereocenters. The molecule has 0 aromatic rings. The first-order valence-electron chi connectivity index (χ1n) is 7.07. The van der Waals surface area contributed by atoms with E-state index in [2.05, 4.69) is 10.6 Å². The molecule has 1 rings (SSSR count). The van der Waals surface area contributed by atoms with E-state index in [1.54, 1.807) is 0 Å². The summed E-state index contributed by atoms with van der Waals surface area (Å²) in [7, 11) is 0. The highest BCUT2D eigenvalue weighted by Gasteiger charge is 2.16. The maximum atomic E-state index is 11.3. The van der Waals surface area contributed by atoms with E-state index in [1.165, 1.54) is 0 Å². The number of amides is 1. The van der Waals surface area contributed by atoms with Gasteiger partial charge in [0.25, 0.3) is 0 Å². The Morgan fingerprint density at radius 3 is 3.11 bits per heavy atom. The van der Waals surface area contributed by atoms with Crippen molar-refractivity contribution in [1.29, 1.82) is 0 Å². The van der Waals surface area contributed by atoms with E-state index in [1.807, 2.05) is 6.92 Å². The van der Waals surface area contributed by atoms with E-state index in [9.17, 15) is 9.90 Å². The summed E-state index contributed by atoms with van der Waals surface area (Å²) in [5, 5.41) is 15.3.